The zero-order chi connectivity index (χ0) is 17.4. The van der Waals surface area contributed by atoms with Gasteiger partial charge in [-0.2, -0.15) is 5.10 Å². The third-order valence-electron chi connectivity index (χ3n) is 4.87. The second-order valence-corrected chi connectivity index (χ2v) is 6.46. The number of hydrogen-bond acceptors (Lipinski definition) is 3. The second-order valence-electron chi connectivity index (χ2n) is 6.46. The summed E-state index contributed by atoms with van der Waals surface area (Å²) in [5, 5.41) is 5.74. The van der Waals surface area contributed by atoms with E-state index < -0.39 is 0 Å². The Morgan fingerprint density at radius 1 is 1.20 bits per heavy atom. The minimum atomic E-state index is -0.381. The molecule has 1 aliphatic heterocycles. The van der Waals surface area contributed by atoms with Crippen LogP contribution in [-0.2, 0) is 7.05 Å². The van der Waals surface area contributed by atoms with Crippen LogP contribution in [0.15, 0.2) is 42.6 Å². The number of aromatic nitrogens is 3. The lowest BCUT2D eigenvalue weighted by Crippen LogP contribution is -2.38. The molecule has 0 saturated carbocycles. The number of carbonyl (C=O) groups excluding carboxylic acids is 1. The number of likely N-dealkylation sites (tertiary alicyclic amines) is 1. The van der Waals surface area contributed by atoms with E-state index in [1.807, 2.05) is 17.8 Å². The fourth-order valence-electron chi connectivity index (χ4n) is 3.58. The number of rotatable bonds is 2. The van der Waals surface area contributed by atoms with Gasteiger partial charge < -0.3 is 4.90 Å². The fraction of sp³-hybridized carbons (Fsp3) is 0.316. The van der Waals surface area contributed by atoms with Crippen molar-refractivity contribution in [3.8, 4) is 0 Å². The maximum absolute atomic E-state index is 13.3. The highest BCUT2D eigenvalue weighted by Gasteiger charge is 2.27. The lowest BCUT2D eigenvalue weighted by Gasteiger charge is -2.31. The Kier molecular flexibility index (Phi) is 3.95. The zero-order valence-electron chi connectivity index (χ0n) is 14.0. The minimum absolute atomic E-state index is 0.106. The molecule has 2 aromatic heterocycles. The number of pyridine rings is 1. The van der Waals surface area contributed by atoms with E-state index in [0.29, 0.717) is 24.6 Å². The van der Waals surface area contributed by atoms with Gasteiger partial charge in [-0.15, -0.1) is 0 Å². The van der Waals surface area contributed by atoms with Crippen LogP contribution < -0.4 is 0 Å². The second kappa shape index (κ2) is 6.27. The number of piperidine rings is 1. The van der Waals surface area contributed by atoms with Gasteiger partial charge in [-0.1, -0.05) is 6.07 Å². The third kappa shape index (κ3) is 2.88. The van der Waals surface area contributed by atoms with Crippen LogP contribution in [0.1, 0.15) is 34.8 Å². The Morgan fingerprint density at radius 2 is 2.00 bits per heavy atom. The van der Waals surface area contributed by atoms with Crippen molar-refractivity contribution in [2.45, 2.75) is 18.8 Å². The van der Waals surface area contributed by atoms with Crippen LogP contribution in [-0.4, -0.2) is 38.7 Å². The molecular formula is C19H19FN4O. The Hall–Kier alpha value is -2.76. The molecule has 1 aromatic carbocycles. The largest absolute Gasteiger partial charge is 0.339 e. The van der Waals surface area contributed by atoms with Crippen LogP contribution in [0, 0.1) is 5.82 Å². The summed E-state index contributed by atoms with van der Waals surface area (Å²) in [6.07, 6.45) is 3.47. The van der Waals surface area contributed by atoms with Crippen molar-refractivity contribution in [3.63, 3.8) is 0 Å². The van der Waals surface area contributed by atoms with Gasteiger partial charge >= 0.3 is 0 Å². The summed E-state index contributed by atoms with van der Waals surface area (Å²) in [6.45, 7) is 1.30. The topological polar surface area (TPSA) is 51.0 Å². The van der Waals surface area contributed by atoms with Crippen LogP contribution in [0.3, 0.4) is 0 Å². The summed E-state index contributed by atoms with van der Waals surface area (Å²) in [7, 11) is 1.90. The van der Waals surface area contributed by atoms with E-state index in [4.69, 9.17) is 0 Å². The van der Waals surface area contributed by atoms with E-state index in [1.54, 1.807) is 23.2 Å². The predicted octanol–water partition coefficient (Wildman–Crippen LogP) is 3.13. The summed E-state index contributed by atoms with van der Waals surface area (Å²) in [5.41, 5.74) is 2.35. The van der Waals surface area contributed by atoms with Crippen LogP contribution in [0.4, 0.5) is 4.39 Å². The van der Waals surface area contributed by atoms with Gasteiger partial charge in [-0.3, -0.25) is 9.48 Å². The Bertz CT molecular complexity index is 928. The molecule has 0 aliphatic carbocycles. The van der Waals surface area contributed by atoms with E-state index in [9.17, 15) is 9.18 Å². The summed E-state index contributed by atoms with van der Waals surface area (Å²) in [6, 6.07) is 9.86. The van der Waals surface area contributed by atoms with Gasteiger partial charge in [0.2, 0.25) is 0 Å². The molecule has 1 fully saturated rings. The van der Waals surface area contributed by atoms with E-state index in [-0.39, 0.29) is 11.7 Å². The molecule has 128 valence electrons. The van der Waals surface area contributed by atoms with Crippen LogP contribution in [0.25, 0.3) is 11.0 Å². The molecule has 1 saturated heterocycles. The van der Waals surface area contributed by atoms with Gasteiger partial charge in [-0.05, 0) is 43.2 Å². The highest BCUT2D eigenvalue weighted by Crippen LogP contribution is 2.32. The molecule has 0 unspecified atom stereocenters. The van der Waals surface area contributed by atoms with Crippen LogP contribution in [0.2, 0.25) is 0 Å². The van der Waals surface area contributed by atoms with E-state index in [2.05, 4.69) is 16.1 Å². The van der Waals surface area contributed by atoms with Crippen molar-refractivity contribution in [3.05, 3.63) is 59.7 Å². The van der Waals surface area contributed by atoms with Crippen LogP contribution >= 0.6 is 0 Å². The van der Waals surface area contributed by atoms with Crippen molar-refractivity contribution in [1.29, 1.82) is 0 Å². The normalized spacial score (nSPS) is 15.7. The van der Waals surface area contributed by atoms with Gasteiger partial charge in [0.1, 0.15) is 5.82 Å². The van der Waals surface area contributed by atoms with Gasteiger partial charge in [0.15, 0.2) is 5.65 Å². The first-order valence-electron chi connectivity index (χ1n) is 8.46. The SMILES string of the molecule is Cn1nc(C2CCN(C(=O)c3cccc(F)c3)CC2)c2cccnc21. The molecule has 0 spiro atoms. The third-order valence-corrected chi connectivity index (χ3v) is 4.87. The summed E-state index contributed by atoms with van der Waals surface area (Å²) < 4.78 is 15.2. The first kappa shape index (κ1) is 15.7. The molecule has 25 heavy (non-hydrogen) atoms. The van der Waals surface area contributed by atoms with Crippen molar-refractivity contribution in [1.82, 2.24) is 19.7 Å². The van der Waals surface area contributed by atoms with Gasteiger partial charge in [0.25, 0.3) is 5.91 Å². The first-order valence-corrected chi connectivity index (χ1v) is 8.46. The van der Waals surface area contributed by atoms with Gasteiger partial charge in [0.05, 0.1) is 5.69 Å². The minimum Gasteiger partial charge on any atom is -0.339 e. The van der Waals surface area contributed by atoms with E-state index in [1.165, 1.54) is 12.1 Å². The molecule has 0 radical (unpaired) electrons. The van der Waals surface area contributed by atoms with Gasteiger partial charge in [-0.25, -0.2) is 9.37 Å². The molecule has 3 heterocycles. The quantitative estimate of drug-likeness (QED) is 0.721. The number of carbonyl (C=O) groups is 1. The number of amides is 1. The van der Waals surface area contributed by atoms with Crippen molar-refractivity contribution in [2.75, 3.05) is 13.1 Å². The maximum atomic E-state index is 13.3. The highest BCUT2D eigenvalue weighted by molar-refractivity contribution is 5.94. The standard InChI is InChI=1S/C19H19FN4O/c1-23-18-16(6-3-9-21-18)17(22-23)13-7-10-24(11-8-13)19(25)14-4-2-5-15(20)12-14/h2-6,9,12-13H,7-8,10-11H2,1H3. The zero-order valence-corrected chi connectivity index (χ0v) is 14.0. The van der Waals surface area contributed by atoms with E-state index in [0.717, 1.165) is 29.6 Å². The molecule has 1 aliphatic rings. The Labute approximate surface area is 145 Å². The Balaban J connectivity index is 1.50. The number of hydrogen-bond donors (Lipinski definition) is 0. The number of nitrogens with zero attached hydrogens (tertiary/aromatic N) is 4. The van der Waals surface area contributed by atoms with Crippen molar-refractivity contribution >= 4 is 16.9 Å². The van der Waals surface area contributed by atoms with Gasteiger partial charge in [0, 0.05) is 43.2 Å². The van der Waals surface area contributed by atoms with Crippen molar-refractivity contribution in [2.24, 2.45) is 7.05 Å². The average molecular weight is 338 g/mol. The molecule has 0 bridgehead atoms. The molecule has 0 N–H and O–H groups in total. The fourth-order valence-corrected chi connectivity index (χ4v) is 3.58. The smallest absolute Gasteiger partial charge is 0.253 e. The van der Waals surface area contributed by atoms with Crippen LogP contribution in [0.5, 0.6) is 0 Å². The number of aryl methyl sites for hydroxylation is 1. The molecule has 0 atom stereocenters. The molecule has 1 amide bonds. The molecule has 6 heteroatoms. The summed E-state index contributed by atoms with van der Waals surface area (Å²) in [4.78, 5) is 18.7. The lowest BCUT2D eigenvalue weighted by molar-refractivity contribution is 0.0711. The van der Waals surface area contributed by atoms with Crippen molar-refractivity contribution < 1.29 is 9.18 Å². The summed E-state index contributed by atoms with van der Waals surface area (Å²) >= 11 is 0. The average Bonchev–Trinajstić information content (AvgIpc) is 2.98. The summed E-state index contributed by atoms with van der Waals surface area (Å²) in [5.74, 6) is -0.178. The number of halogens is 1. The monoisotopic (exact) mass is 338 g/mol. The Morgan fingerprint density at radius 3 is 2.76 bits per heavy atom. The molecule has 5 nitrogen and oxygen atoms in total. The number of fused-ring (bicyclic) bond motifs is 1. The highest BCUT2D eigenvalue weighted by atomic mass is 19.1. The predicted molar refractivity (Wildman–Crippen MR) is 92.8 cm³/mol. The van der Waals surface area contributed by atoms with E-state index >= 15 is 0 Å². The first-order chi connectivity index (χ1) is 12.1. The maximum Gasteiger partial charge on any atom is 0.253 e. The molecule has 3 aromatic rings. The molecular weight excluding hydrogens is 319 g/mol. The molecule has 4 rings (SSSR count). The lowest BCUT2D eigenvalue weighted by atomic mass is 9.91. The number of benzene rings is 1.